The fourth-order valence-corrected chi connectivity index (χ4v) is 1.79. The minimum absolute atomic E-state index is 1.11. The monoisotopic (exact) mass is 208 g/mol. The van der Waals surface area contributed by atoms with E-state index in [0.29, 0.717) is 0 Å². The predicted octanol–water partition coefficient (Wildman–Crippen LogP) is 5.50. The van der Waals surface area contributed by atoms with Gasteiger partial charge in [0.2, 0.25) is 0 Å². The van der Waals surface area contributed by atoms with Crippen LogP contribution in [-0.4, -0.2) is 0 Å². The van der Waals surface area contributed by atoms with Crippen molar-refractivity contribution < 1.29 is 0 Å². The van der Waals surface area contributed by atoms with E-state index in [9.17, 15) is 0 Å². The first-order chi connectivity index (χ1) is 7.41. The van der Waals surface area contributed by atoms with Gasteiger partial charge in [0.15, 0.2) is 0 Å². The summed E-state index contributed by atoms with van der Waals surface area (Å²) in [5.74, 6) is 0. The van der Waals surface area contributed by atoms with Gasteiger partial charge in [-0.2, -0.15) is 0 Å². The molecule has 0 amide bonds. The Hall–Kier alpha value is -0.260. The van der Waals surface area contributed by atoms with Gasteiger partial charge >= 0.3 is 0 Å². The van der Waals surface area contributed by atoms with Crippen molar-refractivity contribution >= 4 is 0 Å². The number of unbranched alkanes of at least 4 members (excludes halogenated alkanes) is 10. The molecule has 0 aromatic carbocycles. The Morgan fingerprint density at radius 1 is 0.667 bits per heavy atom. The maximum atomic E-state index is 3.86. The molecule has 0 unspecified atom stereocenters. The first kappa shape index (κ1) is 14.7. The van der Waals surface area contributed by atoms with Crippen LogP contribution in [0, 0.1) is 13.8 Å². The first-order valence-corrected chi connectivity index (χ1v) is 6.65. The van der Waals surface area contributed by atoms with E-state index in [1.807, 2.05) is 6.08 Å². The molecular weight excluding hydrogens is 180 g/mol. The Labute approximate surface area is 97.2 Å². The highest BCUT2D eigenvalue weighted by molar-refractivity contribution is 4.83. The molecule has 0 aliphatic rings. The average Bonchev–Trinajstić information content (AvgIpc) is 2.26. The number of rotatable bonds is 11. The van der Waals surface area contributed by atoms with Crippen LogP contribution in [0.2, 0.25) is 0 Å². The average molecular weight is 208 g/mol. The lowest BCUT2D eigenvalue weighted by Gasteiger charge is -2.01. The number of hydrogen-bond donors (Lipinski definition) is 0. The van der Waals surface area contributed by atoms with Gasteiger partial charge in [-0.25, -0.2) is 0 Å². The maximum Gasteiger partial charge on any atom is -0.0316 e. The van der Waals surface area contributed by atoms with Gasteiger partial charge in [0.05, 0.1) is 0 Å². The molecule has 0 nitrogen and oxygen atoms in total. The number of hydrogen-bond acceptors (Lipinski definition) is 0. The van der Waals surface area contributed by atoms with Crippen LogP contribution >= 0.6 is 0 Å². The molecule has 0 rings (SSSR count). The van der Waals surface area contributed by atoms with E-state index < -0.39 is 0 Å². The van der Waals surface area contributed by atoms with Crippen LogP contribution in [0.15, 0.2) is 12.2 Å². The molecule has 15 heavy (non-hydrogen) atoms. The lowest BCUT2D eigenvalue weighted by molar-refractivity contribution is 0.561. The molecule has 0 spiro atoms. The normalized spacial score (nSPS) is 11.3. The van der Waals surface area contributed by atoms with Crippen LogP contribution in [0.5, 0.6) is 0 Å². The fourth-order valence-electron chi connectivity index (χ4n) is 1.79. The molecule has 0 heteroatoms. The Morgan fingerprint density at radius 2 is 1.13 bits per heavy atom. The molecule has 0 atom stereocenters. The molecule has 0 fully saturated rings. The van der Waals surface area contributed by atoms with E-state index in [0.717, 1.165) is 6.42 Å². The van der Waals surface area contributed by atoms with Gasteiger partial charge in [-0.05, 0) is 19.8 Å². The molecule has 0 saturated heterocycles. The fraction of sp³-hybridized carbons (Fsp3) is 0.733. The van der Waals surface area contributed by atoms with Crippen LogP contribution in [0.4, 0.5) is 0 Å². The quantitative estimate of drug-likeness (QED) is 0.393. The van der Waals surface area contributed by atoms with Crippen molar-refractivity contribution in [2.24, 2.45) is 0 Å². The molecule has 0 aliphatic heterocycles. The predicted molar refractivity (Wildman–Crippen MR) is 70.6 cm³/mol. The molecule has 0 heterocycles. The third-order valence-electron chi connectivity index (χ3n) is 2.79. The van der Waals surface area contributed by atoms with Gasteiger partial charge in [0.1, 0.15) is 0 Å². The van der Waals surface area contributed by atoms with Gasteiger partial charge in [0.25, 0.3) is 0 Å². The van der Waals surface area contributed by atoms with E-state index in [1.54, 1.807) is 0 Å². The maximum absolute atomic E-state index is 3.86. The first-order valence-electron chi connectivity index (χ1n) is 6.65. The van der Waals surface area contributed by atoms with Crippen molar-refractivity contribution in [3.05, 3.63) is 26.0 Å². The standard InChI is InChI=1S/C15H28/c1-3-5-7-9-11-13-15-14-12-10-8-6-4-2/h3,5H,1-2,4,6-15H2/b5-3+. The Balaban J connectivity index is 2.86. The van der Waals surface area contributed by atoms with Crippen LogP contribution < -0.4 is 0 Å². The topological polar surface area (TPSA) is 0 Å². The summed E-state index contributed by atoms with van der Waals surface area (Å²) in [6.07, 6.45) is 19.0. The highest BCUT2D eigenvalue weighted by atomic mass is 14.0. The highest BCUT2D eigenvalue weighted by Crippen LogP contribution is 2.11. The Bertz CT molecular complexity index is 124. The van der Waals surface area contributed by atoms with Crippen molar-refractivity contribution in [1.82, 2.24) is 0 Å². The summed E-state index contributed by atoms with van der Waals surface area (Å²) in [5.41, 5.74) is 0. The molecule has 0 N–H and O–H groups in total. The smallest absolute Gasteiger partial charge is 0.0316 e. The second-order valence-corrected chi connectivity index (χ2v) is 4.30. The molecule has 2 radical (unpaired) electrons. The van der Waals surface area contributed by atoms with Crippen LogP contribution in [0.25, 0.3) is 0 Å². The van der Waals surface area contributed by atoms with E-state index in [2.05, 4.69) is 19.9 Å². The Morgan fingerprint density at radius 3 is 1.60 bits per heavy atom. The molecule has 0 aromatic heterocycles. The van der Waals surface area contributed by atoms with Crippen molar-refractivity contribution in [2.45, 2.75) is 70.6 Å². The lowest BCUT2D eigenvalue weighted by atomic mass is 10.1. The van der Waals surface area contributed by atoms with Gasteiger partial charge in [0, 0.05) is 0 Å². The van der Waals surface area contributed by atoms with Gasteiger partial charge in [-0.3, -0.25) is 0 Å². The largest absolute Gasteiger partial charge is 0.0885 e. The van der Waals surface area contributed by atoms with Crippen LogP contribution in [0.3, 0.4) is 0 Å². The zero-order valence-electron chi connectivity index (χ0n) is 10.3. The molecule has 0 saturated carbocycles. The SMILES string of the molecule is [CH2]/C=C/CCCCCCCCCCC[CH2]. The molecular formula is C15H28. The van der Waals surface area contributed by atoms with Gasteiger partial charge in [-0.15, -0.1) is 0 Å². The lowest BCUT2D eigenvalue weighted by Crippen LogP contribution is -1.81. The van der Waals surface area contributed by atoms with Gasteiger partial charge < -0.3 is 0 Å². The molecule has 0 aromatic rings. The summed E-state index contributed by atoms with van der Waals surface area (Å²) >= 11 is 0. The van der Waals surface area contributed by atoms with E-state index in [-0.39, 0.29) is 0 Å². The van der Waals surface area contributed by atoms with E-state index in [4.69, 9.17) is 0 Å². The summed E-state index contributed by atoms with van der Waals surface area (Å²) in [5, 5.41) is 0. The summed E-state index contributed by atoms with van der Waals surface area (Å²) < 4.78 is 0. The van der Waals surface area contributed by atoms with Gasteiger partial charge in [-0.1, -0.05) is 76.9 Å². The molecule has 0 bridgehead atoms. The zero-order chi connectivity index (χ0) is 11.2. The summed E-state index contributed by atoms with van der Waals surface area (Å²) in [6, 6.07) is 0. The van der Waals surface area contributed by atoms with E-state index >= 15 is 0 Å². The van der Waals surface area contributed by atoms with Crippen molar-refractivity contribution in [3.8, 4) is 0 Å². The molecule has 88 valence electrons. The third kappa shape index (κ3) is 13.7. The Kier molecular flexibility index (Phi) is 13.5. The van der Waals surface area contributed by atoms with E-state index in [1.165, 1.54) is 64.2 Å². The van der Waals surface area contributed by atoms with Crippen molar-refractivity contribution in [2.75, 3.05) is 0 Å². The minimum Gasteiger partial charge on any atom is -0.0885 e. The van der Waals surface area contributed by atoms with Crippen LogP contribution in [-0.2, 0) is 0 Å². The summed E-state index contributed by atoms with van der Waals surface area (Å²) in [6.45, 7) is 7.54. The number of allylic oxidation sites excluding steroid dienone is 2. The van der Waals surface area contributed by atoms with Crippen molar-refractivity contribution in [3.63, 3.8) is 0 Å². The second kappa shape index (κ2) is 13.7. The zero-order valence-corrected chi connectivity index (χ0v) is 10.3. The summed E-state index contributed by atoms with van der Waals surface area (Å²) in [7, 11) is 0. The highest BCUT2D eigenvalue weighted by Gasteiger charge is 1.91. The van der Waals surface area contributed by atoms with Crippen LogP contribution in [0.1, 0.15) is 70.6 Å². The molecule has 0 aliphatic carbocycles. The second-order valence-electron chi connectivity index (χ2n) is 4.30. The summed E-state index contributed by atoms with van der Waals surface area (Å²) in [4.78, 5) is 0. The third-order valence-corrected chi connectivity index (χ3v) is 2.79. The minimum atomic E-state index is 1.11. The van der Waals surface area contributed by atoms with Crippen molar-refractivity contribution in [1.29, 1.82) is 0 Å².